The molecule has 0 bridgehead atoms. The highest BCUT2D eigenvalue weighted by molar-refractivity contribution is 5.71. The van der Waals surface area contributed by atoms with Crippen molar-refractivity contribution < 1.29 is 14.3 Å². The SMILES string of the molecule is Nc1cccc(C2COCC(=O)O2)c1. The molecule has 74 valence electrons. The number of nitrogen functional groups attached to an aromatic ring is 1. The van der Waals surface area contributed by atoms with Gasteiger partial charge in [-0.1, -0.05) is 12.1 Å². The maximum absolute atomic E-state index is 11.0. The summed E-state index contributed by atoms with van der Waals surface area (Å²) in [5.41, 5.74) is 7.15. The van der Waals surface area contributed by atoms with Crippen molar-refractivity contribution in [1.82, 2.24) is 0 Å². The summed E-state index contributed by atoms with van der Waals surface area (Å²) >= 11 is 0. The Kier molecular flexibility index (Phi) is 2.37. The highest BCUT2D eigenvalue weighted by Gasteiger charge is 2.22. The Morgan fingerprint density at radius 2 is 2.29 bits per heavy atom. The molecule has 2 N–H and O–H groups in total. The van der Waals surface area contributed by atoms with Crippen LogP contribution in [0.5, 0.6) is 0 Å². The highest BCUT2D eigenvalue weighted by Crippen LogP contribution is 2.22. The van der Waals surface area contributed by atoms with E-state index in [1.54, 1.807) is 12.1 Å². The summed E-state index contributed by atoms with van der Waals surface area (Å²) < 4.78 is 10.2. The van der Waals surface area contributed by atoms with Gasteiger partial charge in [0.2, 0.25) is 0 Å². The van der Waals surface area contributed by atoms with Crippen molar-refractivity contribution in [2.45, 2.75) is 6.10 Å². The molecule has 1 saturated heterocycles. The van der Waals surface area contributed by atoms with Crippen molar-refractivity contribution in [3.63, 3.8) is 0 Å². The third kappa shape index (κ3) is 1.85. The number of cyclic esters (lactones) is 1. The van der Waals surface area contributed by atoms with E-state index in [1.165, 1.54) is 0 Å². The second-order valence-electron chi connectivity index (χ2n) is 3.16. The normalized spacial score (nSPS) is 21.7. The van der Waals surface area contributed by atoms with E-state index >= 15 is 0 Å². The molecule has 1 aromatic carbocycles. The van der Waals surface area contributed by atoms with Crippen LogP contribution in [0.2, 0.25) is 0 Å². The molecule has 1 atom stereocenters. The van der Waals surface area contributed by atoms with Gasteiger partial charge >= 0.3 is 5.97 Å². The van der Waals surface area contributed by atoms with Crippen LogP contribution in [0.4, 0.5) is 5.69 Å². The summed E-state index contributed by atoms with van der Waals surface area (Å²) in [6.45, 7) is 0.439. The van der Waals surface area contributed by atoms with E-state index in [9.17, 15) is 4.79 Å². The van der Waals surface area contributed by atoms with Crippen LogP contribution in [0.25, 0.3) is 0 Å². The Labute approximate surface area is 81.6 Å². The van der Waals surface area contributed by atoms with Gasteiger partial charge in [0.15, 0.2) is 6.10 Å². The average molecular weight is 193 g/mol. The van der Waals surface area contributed by atoms with Gasteiger partial charge < -0.3 is 15.2 Å². The Morgan fingerprint density at radius 1 is 1.43 bits per heavy atom. The van der Waals surface area contributed by atoms with Gasteiger partial charge in [-0.25, -0.2) is 4.79 Å². The number of anilines is 1. The molecule has 0 amide bonds. The molecule has 14 heavy (non-hydrogen) atoms. The minimum absolute atomic E-state index is 0.0405. The van der Waals surface area contributed by atoms with Crippen LogP contribution in [0, 0.1) is 0 Å². The average Bonchev–Trinajstić information content (AvgIpc) is 2.18. The van der Waals surface area contributed by atoms with E-state index in [1.807, 2.05) is 12.1 Å². The molecule has 0 spiro atoms. The predicted octanol–water partition coefficient (Wildman–Crippen LogP) is 0.883. The first-order valence-corrected chi connectivity index (χ1v) is 4.38. The van der Waals surface area contributed by atoms with E-state index < -0.39 is 0 Å². The zero-order valence-electron chi connectivity index (χ0n) is 7.60. The fraction of sp³-hybridized carbons (Fsp3) is 0.300. The van der Waals surface area contributed by atoms with E-state index in [-0.39, 0.29) is 18.7 Å². The molecule has 2 rings (SSSR count). The fourth-order valence-corrected chi connectivity index (χ4v) is 1.40. The second-order valence-corrected chi connectivity index (χ2v) is 3.16. The van der Waals surface area contributed by atoms with E-state index in [2.05, 4.69) is 0 Å². The zero-order chi connectivity index (χ0) is 9.97. The van der Waals surface area contributed by atoms with Gasteiger partial charge in [-0.05, 0) is 17.7 Å². The van der Waals surface area contributed by atoms with Crippen molar-refractivity contribution >= 4 is 11.7 Å². The molecule has 1 unspecified atom stereocenters. The van der Waals surface area contributed by atoms with Gasteiger partial charge in [0.1, 0.15) is 6.61 Å². The molecule has 4 nitrogen and oxygen atoms in total. The number of hydrogen-bond acceptors (Lipinski definition) is 4. The molecule has 1 aromatic rings. The number of nitrogens with two attached hydrogens (primary N) is 1. The third-order valence-corrected chi connectivity index (χ3v) is 2.05. The highest BCUT2D eigenvalue weighted by atomic mass is 16.6. The molecule has 0 aromatic heterocycles. The number of hydrogen-bond donors (Lipinski definition) is 1. The Morgan fingerprint density at radius 3 is 3.00 bits per heavy atom. The largest absolute Gasteiger partial charge is 0.453 e. The smallest absolute Gasteiger partial charge is 0.332 e. The number of rotatable bonds is 1. The summed E-state index contributed by atoms with van der Waals surface area (Å²) in [5.74, 6) is -0.330. The molecule has 1 aliphatic rings. The molecule has 1 heterocycles. The van der Waals surface area contributed by atoms with Crippen molar-refractivity contribution in [1.29, 1.82) is 0 Å². The molecular formula is C10H11NO3. The van der Waals surface area contributed by atoms with Gasteiger partial charge in [-0.2, -0.15) is 0 Å². The number of benzene rings is 1. The van der Waals surface area contributed by atoms with Crippen LogP contribution >= 0.6 is 0 Å². The van der Waals surface area contributed by atoms with E-state index in [4.69, 9.17) is 15.2 Å². The lowest BCUT2D eigenvalue weighted by atomic mass is 10.1. The van der Waals surface area contributed by atoms with E-state index in [0.29, 0.717) is 12.3 Å². The first kappa shape index (κ1) is 9.02. The van der Waals surface area contributed by atoms with Crippen molar-refractivity contribution in [3.8, 4) is 0 Å². The topological polar surface area (TPSA) is 61.5 Å². The molecule has 1 aliphatic heterocycles. The first-order valence-electron chi connectivity index (χ1n) is 4.38. The van der Waals surface area contributed by atoms with Gasteiger partial charge in [0, 0.05) is 5.69 Å². The number of ether oxygens (including phenoxy) is 2. The molecule has 0 radical (unpaired) electrons. The summed E-state index contributed by atoms with van der Waals surface area (Å²) in [6.07, 6.45) is -0.320. The summed E-state index contributed by atoms with van der Waals surface area (Å²) in [7, 11) is 0. The lowest BCUT2D eigenvalue weighted by Gasteiger charge is -2.22. The second kappa shape index (κ2) is 3.67. The lowest BCUT2D eigenvalue weighted by molar-refractivity contribution is -0.170. The summed E-state index contributed by atoms with van der Waals surface area (Å²) in [4.78, 5) is 11.0. The van der Waals surface area contributed by atoms with Crippen LogP contribution in [-0.4, -0.2) is 19.2 Å². The molecule has 4 heteroatoms. The maximum atomic E-state index is 11.0. The fourth-order valence-electron chi connectivity index (χ4n) is 1.40. The number of carbonyl (C=O) groups excluding carboxylic acids is 1. The third-order valence-electron chi connectivity index (χ3n) is 2.05. The van der Waals surface area contributed by atoms with E-state index in [0.717, 1.165) is 5.56 Å². The molecule has 1 fully saturated rings. The van der Waals surface area contributed by atoms with Crippen LogP contribution in [0.15, 0.2) is 24.3 Å². The van der Waals surface area contributed by atoms with Crippen molar-refractivity contribution in [3.05, 3.63) is 29.8 Å². The van der Waals surface area contributed by atoms with Gasteiger partial charge in [0.25, 0.3) is 0 Å². The first-order chi connectivity index (χ1) is 6.75. The molecule has 0 saturated carbocycles. The van der Waals surface area contributed by atoms with Crippen LogP contribution in [-0.2, 0) is 14.3 Å². The van der Waals surface area contributed by atoms with Crippen LogP contribution in [0.3, 0.4) is 0 Å². The zero-order valence-corrected chi connectivity index (χ0v) is 7.60. The predicted molar refractivity (Wildman–Crippen MR) is 50.5 cm³/mol. The van der Waals surface area contributed by atoms with Gasteiger partial charge in [-0.15, -0.1) is 0 Å². The molecular weight excluding hydrogens is 182 g/mol. The molecule has 0 aliphatic carbocycles. The van der Waals surface area contributed by atoms with Crippen LogP contribution in [0.1, 0.15) is 11.7 Å². The lowest BCUT2D eigenvalue weighted by Crippen LogP contribution is -2.26. The summed E-state index contributed by atoms with van der Waals surface area (Å²) in [5, 5.41) is 0. The van der Waals surface area contributed by atoms with Gasteiger partial charge in [0.05, 0.1) is 6.61 Å². The Balaban J connectivity index is 2.17. The van der Waals surface area contributed by atoms with Crippen molar-refractivity contribution in [2.24, 2.45) is 0 Å². The monoisotopic (exact) mass is 193 g/mol. The Hall–Kier alpha value is -1.55. The van der Waals surface area contributed by atoms with Gasteiger partial charge in [-0.3, -0.25) is 0 Å². The summed E-state index contributed by atoms with van der Waals surface area (Å²) in [6, 6.07) is 7.26. The number of esters is 1. The number of carbonyl (C=O) groups is 1. The van der Waals surface area contributed by atoms with Crippen LogP contribution < -0.4 is 5.73 Å². The standard InChI is InChI=1S/C10H11NO3/c11-8-3-1-2-7(4-8)9-5-13-6-10(12)14-9/h1-4,9H,5-6,11H2. The maximum Gasteiger partial charge on any atom is 0.332 e. The van der Waals surface area contributed by atoms with Crippen molar-refractivity contribution in [2.75, 3.05) is 18.9 Å². The minimum atomic E-state index is -0.330. The minimum Gasteiger partial charge on any atom is -0.453 e. The quantitative estimate of drug-likeness (QED) is 0.531. The Bertz CT molecular complexity index is 351.